The molecule has 1 aromatic heterocycles. The summed E-state index contributed by atoms with van der Waals surface area (Å²) in [6.07, 6.45) is 3.01. The number of likely N-dealkylation sites (tertiary alicyclic amines) is 1. The number of aromatic nitrogens is 2. The first-order valence-electron chi connectivity index (χ1n) is 12.0. The molecule has 7 nitrogen and oxygen atoms in total. The summed E-state index contributed by atoms with van der Waals surface area (Å²) < 4.78 is 8.09. The van der Waals surface area contributed by atoms with Crippen molar-refractivity contribution in [2.75, 3.05) is 13.1 Å². The van der Waals surface area contributed by atoms with Crippen LogP contribution in [0.5, 0.6) is 0 Å². The van der Waals surface area contributed by atoms with Crippen LogP contribution in [0.2, 0.25) is 0 Å². The second-order valence-corrected chi connectivity index (χ2v) is 9.11. The minimum atomic E-state index is -0.0823. The SMILES string of the molecule is C[C@@H](NC(=O)C1CCN(C(=O)c2ncn3c2CO[C@@H](c2ccccc2)C3)CC1)c1ccccc1. The molecule has 1 saturated heterocycles. The van der Waals surface area contributed by atoms with Crippen LogP contribution in [0, 0.1) is 5.92 Å². The molecule has 1 fully saturated rings. The van der Waals surface area contributed by atoms with Gasteiger partial charge in [0.2, 0.25) is 5.91 Å². The number of carbonyl (C=O) groups is 2. The van der Waals surface area contributed by atoms with Crippen LogP contribution in [0.4, 0.5) is 0 Å². The van der Waals surface area contributed by atoms with Crippen LogP contribution in [-0.2, 0) is 22.7 Å². The van der Waals surface area contributed by atoms with Crippen molar-refractivity contribution < 1.29 is 14.3 Å². The summed E-state index contributed by atoms with van der Waals surface area (Å²) in [5.41, 5.74) is 3.50. The lowest BCUT2D eigenvalue weighted by molar-refractivity contribution is -0.127. The summed E-state index contributed by atoms with van der Waals surface area (Å²) in [6, 6.07) is 20.0. The van der Waals surface area contributed by atoms with Crippen molar-refractivity contribution in [1.82, 2.24) is 19.8 Å². The Hall–Kier alpha value is -3.45. The van der Waals surface area contributed by atoms with Gasteiger partial charge < -0.3 is 19.5 Å². The first-order valence-corrected chi connectivity index (χ1v) is 12.0. The molecule has 176 valence electrons. The first-order chi connectivity index (χ1) is 16.6. The zero-order valence-electron chi connectivity index (χ0n) is 19.4. The van der Waals surface area contributed by atoms with Gasteiger partial charge in [-0.2, -0.15) is 0 Å². The number of amides is 2. The van der Waals surface area contributed by atoms with Crippen molar-refractivity contribution in [2.24, 2.45) is 5.92 Å². The highest BCUT2D eigenvalue weighted by Crippen LogP contribution is 2.29. The minimum Gasteiger partial charge on any atom is -0.365 e. The molecule has 3 heterocycles. The molecule has 5 rings (SSSR count). The van der Waals surface area contributed by atoms with Crippen LogP contribution in [0.3, 0.4) is 0 Å². The van der Waals surface area contributed by atoms with Gasteiger partial charge in [-0.1, -0.05) is 60.7 Å². The van der Waals surface area contributed by atoms with Gasteiger partial charge in [0.25, 0.3) is 5.91 Å². The van der Waals surface area contributed by atoms with Crippen LogP contribution in [0.25, 0.3) is 0 Å². The molecule has 3 aromatic rings. The number of nitrogens with one attached hydrogen (secondary N) is 1. The molecule has 0 saturated carbocycles. The Bertz CT molecular complexity index is 1140. The summed E-state index contributed by atoms with van der Waals surface area (Å²) in [7, 11) is 0. The third kappa shape index (κ3) is 4.61. The van der Waals surface area contributed by atoms with Crippen molar-refractivity contribution in [2.45, 2.75) is 45.1 Å². The van der Waals surface area contributed by atoms with Crippen molar-refractivity contribution in [3.63, 3.8) is 0 Å². The zero-order valence-corrected chi connectivity index (χ0v) is 19.4. The average Bonchev–Trinajstić information content (AvgIpc) is 3.32. The number of nitrogens with zero attached hydrogens (tertiary/aromatic N) is 3. The summed E-state index contributed by atoms with van der Waals surface area (Å²) in [4.78, 5) is 32.3. The van der Waals surface area contributed by atoms with E-state index in [4.69, 9.17) is 4.74 Å². The fourth-order valence-electron chi connectivity index (χ4n) is 4.83. The van der Waals surface area contributed by atoms with E-state index in [2.05, 4.69) is 22.4 Å². The van der Waals surface area contributed by atoms with Crippen molar-refractivity contribution in [3.05, 3.63) is 89.5 Å². The summed E-state index contributed by atoms with van der Waals surface area (Å²) in [5.74, 6) is -0.101. The molecule has 0 bridgehead atoms. The van der Waals surface area contributed by atoms with Gasteiger partial charge in [-0.25, -0.2) is 4.98 Å². The van der Waals surface area contributed by atoms with Crippen molar-refractivity contribution in [1.29, 1.82) is 0 Å². The van der Waals surface area contributed by atoms with Crippen molar-refractivity contribution >= 4 is 11.8 Å². The van der Waals surface area contributed by atoms with E-state index in [9.17, 15) is 9.59 Å². The third-order valence-corrected chi connectivity index (χ3v) is 6.92. The number of rotatable bonds is 5. The Labute approximate surface area is 199 Å². The maximum Gasteiger partial charge on any atom is 0.274 e. The Morgan fingerprint density at radius 1 is 1.03 bits per heavy atom. The topological polar surface area (TPSA) is 76.5 Å². The van der Waals surface area contributed by atoms with E-state index < -0.39 is 0 Å². The highest BCUT2D eigenvalue weighted by molar-refractivity contribution is 5.93. The Balaban J connectivity index is 1.17. The zero-order chi connectivity index (χ0) is 23.5. The van der Waals surface area contributed by atoms with Crippen molar-refractivity contribution in [3.8, 4) is 0 Å². The number of hydrogen-bond acceptors (Lipinski definition) is 4. The van der Waals surface area contributed by atoms with E-state index >= 15 is 0 Å². The predicted molar refractivity (Wildman–Crippen MR) is 128 cm³/mol. The maximum absolute atomic E-state index is 13.2. The second kappa shape index (κ2) is 9.81. The molecule has 2 amide bonds. The highest BCUT2D eigenvalue weighted by atomic mass is 16.5. The maximum atomic E-state index is 13.2. The molecule has 2 aliphatic heterocycles. The molecule has 7 heteroatoms. The molecule has 34 heavy (non-hydrogen) atoms. The molecule has 0 radical (unpaired) electrons. The van der Waals surface area contributed by atoms with Gasteiger partial charge in [-0.05, 0) is 30.9 Å². The van der Waals surface area contributed by atoms with Crippen LogP contribution in [0.15, 0.2) is 67.0 Å². The van der Waals surface area contributed by atoms with Gasteiger partial charge in [0.15, 0.2) is 5.69 Å². The largest absolute Gasteiger partial charge is 0.365 e. The monoisotopic (exact) mass is 458 g/mol. The molecule has 1 N–H and O–H groups in total. The van der Waals surface area contributed by atoms with E-state index in [0.29, 0.717) is 44.8 Å². The van der Waals surface area contributed by atoms with E-state index in [1.54, 1.807) is 6.33 Å². The fourth-order valence-corrected chi connectivity index (χ4v) is 4.83. The number of hydrogen-bond donors (Lipinski definition) is 1. The van der Waals surface area contributed by atoms with E-state index in [1.807, 2.05) is 64.9 Å². The van der Waals surface area contributed by atoms with E-state index in [0.717, 1.165) is 16.8 Å². The number of piperidine rings is 1. The van der Waals surface area contributed by atoms with Crippen LogP contribution >= 0.6 is 0 Å². The molecule has 2 atom stereocenters. The van der Waals surface area contributed by atoms with Crippen LogP contribution in [0.1, 0.15) is 59.2 Å². The van der Waals surface area contributed by atoms with Gasteiger partial charge in [0.05, 0.1) is 31.2 Å². The minimum absolute atomic E-state index is 0.0369. The highest BCUT2D eigenvalue weighted by Gasteiger charge is 2.32. The number of ether oxygens (including phenoxy) is 1. The average molecular weight is 459 g/mol. The fraction of sp³-hybridized carbons (Fsp3) is 0.370. The van der Waals surface area contributed by atoms with Gasteiger partial charge in [0, 0.05) is 19.0 Å². The Kier molecular flexibility index (Phi) is 6.45. The van der Waals surface area contributed by atoms with Gasteiger partial charge in [0.1, 0.15) is 6.10 Å². The quantitative estimate of drug-likeness (QED) is 0.630. The van der Waals surface area contributed by atoms with Crippen LogP contribution in [-0.4, -0.2) is 39.4 Å². The third-order valence-electron chi connectivity index (χ3n) is 6.92. The number of fused-ring (bicyclic) bond motifs is 1. The molecular weight excluding hydrogens is 428 g/mol. The lowest BCUT2D eigenvalue weighted by atomic mass is 9.95. The molecule has 2 aromatic carbocycles. The summed E-state index contributed by atoms with van der Waals surface area (Å²) >= 11 is 0. The Morgan fingerprint density at radius 3 is 2.41 bits per heavy atom. The molecular formula is C27H30N4O3. The van der Waals surface area contributed by atoms with Gasteiger partial charge >= 0.3 is 0 Å². The smallest absolute Gasteiger partial charge is 0.274 e. The van der Waals surface area contributed by atoms with Gasteiger partial charge in [-0.3, -0.25) is 9.59 Å². The predicted octanol–water partition coefficient (Wildman–Crippen LogP) is 3.88. The lowest BCUT2D eigenvalue weighted by Crippen LogP contribution is -2.43. The lowest BCUT2D eigenvalue weighted by Gasteiger charge is -2.32. The molecule has 0 aliphatic carbocycles. The molecule has 2 aliphatic rings. The molecule has 0 spiro atoms. The first kappa shape index (κ1) is 22.3. The van der Waals surface area contributed by atoms with E-state index in [1.165, 1.54) is 0 Å². The number of benzene rings is 2. The van der Waals surface area contributed by atoms with Gasteiger partial charge in [-0.15, -0.1) is 0 Å². The van der Waals surface area contributed by atoms with E-state index in [-0.39, 0.29) is 29.9 Å². The van der Waals surface area contributed by atoms with Crippen LogP contribution < -0.4 is 5.32 Å². The second-order valence-electron chi connectivity index (χ2n) is 9.11. The number of imidazole rings is 1. The summed E-state index contributed by atoms with van der Waals surface area (Å²) in [5, 5.41) is 3.12. The standard InChI is InChI=1S/C27H30N4O3/c1-19(20-8-4-2-5-9-20)29-26(32)22-12-14-30(15-13-22)27(33)25-23-17-34-24(16-31(23)18-28-25)21-10-6-3-7-11-21/h2-11,18-19,22,24H,12-17H2,1H3,(H,29,32)/t19-,24-/m1/s1. The number of carbonyl (C=O) groups excluding carboxylic acids is 2. The Morgan fingerprint density at radius 2 is 1.71 bits per heavy atom. The summed E-state index contributed by atoms with van der Waals surface area (Å²) in [6.45, 7) is 4.10. The molecule has 0 unspecified atom stereocenters. The normalized spacial score (nSPS) is 19.3.